The van der Waals surface area contributed by atoms with Crippen molar-refractivity contribution < 1.29 is 19.1 Å². The number of amides is 2. The van der Waals surface area contributed by atoms with Gasteiger partial charge in [-0.2, -0.15) is 0 Å². The summed E-state index contributed by atoms with van der Waals surface area (Å²) in [6.45, 7) is 10.9. The molecule has 25 heavy (non-hydrogen) atoms. The van der Waals surface area contributed by atoms with Crippen LogP contribution in [0.3, 0.4) is 0 Å². The number of rotatable bonds is 5. The van der Waals surface area contributed by atoms with Gasteiger partial charge in [0.1, 0.15) is 6.10 Å². The summed E-state index contributed by atoms with van der Waals surface area (Å²) in [5.41, 5.74) is 0.292. The zero-order valence-corrected chi connectivity index (χ0v) is 15.7. The zero-order valence-electron chi connectivity index (χ0n) is 15.7. The van der Waals surface area contributed by atoms with Crippen LogP contribution in [0.5, 0.6) is 0 Å². The Hall–Kier alpha value is -1.50. The minimum Gasteiger partial charge on any atom is -0.450 e. The first-order valence-corrected chi connectivity index (χ1v) is 9.61. The summed E-state index contributed by atoms with van der Waals surface area (Å²) in [4.78, 5) is 29.8. The molecule has 0 aromatic rings. The van der Waals surface area contributed by atoms with E-state index < -0.39 is 0 Å². The van der Waals surface area contributed by atoms with Gasteiger partial charge < -0.3 is 19.3 Å². The second-order valence-corrected chi connectivity index (χ2v) is 7.56. The van der Waals surface area contributed by atoms with Crippen molar-refractivity contribution >= 4 is 12.2 Å². The molecule has 7 nitrogen and oxygen atoms in total. The predicted molar refractivity (Wildman–Crippen MR) is 93.4 cm³/mol. The van der Waals surface area contributed by atoms with Crippen LogP contribution in [0.2, 0.25) is 0 Å². The Kier molecular flexibility index (Phi) is 5.41. The molecule has 0 radical (unpaired) electrons. The Bertz CT molecular complexity index is 497. The molecule has 0 unspecified atom stereocenters. The Morgan fingerprint density at radius 3 is 2.44 bits per heavy atom. The molecule has 3 aliphatic rings. The predicted octanol–water partition coefficient (Wildman–Crippen LogP) is 2.16. The number of carbonyl (C=O) groups excluding carboxylic acids is 2. The number of carbonyl (C=O) groups is 2. The highest BCUT2D eigenvalue weighted by Crippen LogP contribution is 2.51. The first-order chi connectivity index (χ1) is 12.0. The summed E-state index contributed by atoms with van der Waals surface area (Å²) in [6, 6.07) is 0.575. The van der Waals surface area contributed by atoms with Gasteiger partial charge in [0.25, 0.3) is 0 Å². The Morgan fingerprint density at radius 1 is 1.16 bits per heavy atom. The van der Waals surface area contributed by atoms with Crippen molar-refractivity contribution in [2.45, 2.75) is 52.2 Å². The van der Waals surface area contributed by atoms with Crippen LogP contribution in [-0.4, -0.2) is 84.9 Å². The van der Waals surface area contributed by atoms with Crippen molar-refractivity contribution in [3.63, 3.8) is 0 Å². The summed E-state index contributed by atoms with van der Waals surface area (Å²) in [7, 11) is 0. The van der Waals surface area contributed by atoms with Crippen LogP contribution in [0.25, 0.3) is 0 Å². The van der Waals surface area contributed by atoms with Crippen LogP contribution in [0.15, 0.2) is 0 Å². The van der Waals surface area contributed by atoms with E-state index in [2.05, 4.69) is 4.90 Å². The largest absolute Gasteiger partial charge is 0.450 e. The summed E-state index contributed by atoms with van der Waals surface area (Å²) in [5.74, 6) is 0. The van der Waals surface area contributed by atoms with E-state index in [1.54, 1.807) is 4.90 Å². The molecule has 7 heteroatoms. The molecule has 0 N–H and O–H groups in total. The molecule has 3 rings (SSSR count). The standard InChI is InChI=1S/C18H31N3O4/c1-4-19(5-2)17(23)25-15-11-21(12-15)14-9-18(10-14)7-8-20(13-18)16(22)24-6-3/h14-15H,4-13H2,1-3H3. The third kappa shape index (κ3) is 3.71. The number of likely N-dealkylation sites (tertiary alicyclic amines) is 2. The lowest BCUT2D eigenvalue weighted by atomic mass is 9.64. The van der Waals surface area contributed by atoms with E-state index in [4.69, 9.17) is 9.47 Å². The molecule has 1 spiro atoms. The third-order valence-corrected chi connectivity index (χ3v) is 5.98. The maximum Gasteiger partial charge on any atom is 0.410 e. The van der Waals surface area contributed by atoms with Crippen LogP contribution < -0.4 is 0 Å². The average molecular weight is 353 g/mol. The van der Waals surface area contributed by atoms with Gasteiger partial charge in [0.15, 0.2) is 0 Å². The lowest BCUT2D eigenvalue weighted by Gasteiger charge is -2.54. The van der Waals surface area contributed by atoms with Crippen molar-refractivity contribution in [2.75, 3.05) is 45.9 Å². The SMILES string of the molecule is CCOC(=O)N1CCC2(CC(N3CC(OC(=O)N(CC)CC)C3)C2)C1. The normalized spacial score (nSPS) is 29.2. The number of nitrogens with zero attached hydrogens (tertiary/aromatic N) is 3. The van der Waals surface area contributed by atoms with E-state index in [1.165, 1.54) is 0 Å². The second kappa shape index (κ2) is 7.40. The van der Waals surface area contributed by atoms with Gasteiger partial charge in [0, 0.05) is 45.3 Å². The molecule has 1 saturated carbocycles. The smallest absolute Gasteiger partial charge is 0.410 e. The number of ether oxygens (including phenoxy) is 2. The van der Waals surface area contributed by atoms with E-state index in [0.717, 1.165) is 45.4 Å². The van der Waals surface area contributed by atoms with Gasteiger partial charge >= 0.3 is 12.2 Å². The molecule has 2 saturated heterocycles. The van der Waals surface area contributed by atoms with Crippen molar-refractivity contribution in [3.8, 4) is 0 Å². The van der Waals surface area contributed by atoms with Gasteiger partial charge in [-0.1, -0.05) is 0 Å². The summed E-state index contributed by atoms with van der Waals surface area (Å²) in [6.07, 6.45) is 3.02. The van der Waals surface area contributed by atoms with E-state index in [0.29, 0.717) is 31.2 Å². The minimum absolute atomic E-state index is 0.0317. The van der Waals surface area contributed by atoms with Gasteiger partial charge in [0.05, 0.1) is 6.61 Å². The molecule has 142 valence electrons. The fourth-order valence-electron chi connectivity index (χ4n) is 4.38. The van der Waals surface area contributed by atoms with Crippen molar-refractivity contribution in [1.82, 2.24) is 14.7 Å². The first-order valence-electron chi connectivity index (χ1n) is 9.61. The van der Waals surface area contributed by atoms with Gasteiger partial charge in [-0.3, -0.25) is 4.90 Å². The molecule has 1 aliphatic carbocycles. The van der Waals surface area contributed by atoms with Crippen molar-refractivity contribution in [1.29, 1.82) is 0 Å². The van der Waals surface area contributed by atoms with Crippen LogP contribution >= 0.6 is 0 Å². The lowest BCUT2D eigenvalue weighted by molar-refractivity contribution is -0.0910. The maximum atomic E-state index is 12.0. The quantitative estimate of drug-likeness (QED) is 0.758. The molecule has 0 atom stereocenters. The molecule has 3 fully saturated rings. The summed E-state index contributed by atoms with van der Waals surface area (Å²) in [5, 5.41) is 0. The number of hydrogen-bond donors (Lipinski definition) is 0. The second-order valence-electron chi connectivity index (χ2n) is 7.56. The monoisotopic (exact) mass is 353 g/mol. The maximum absolute atomic E-state index is 12.0. The first kappa shape index (κ1) is 18.3. The van der Waals surface area contributed by atoms with Crippen LogP contribution in [0.1, 0.15) is 40.0 Å². The van der Waals surface area contributed by atoms with Gasteiger partial charge in [-0.25, -0.2) is 9.59 Å². The molecule has 2 amide bonds. The fourth-order valence-corrected chi connectivity index (χ4v) is 4.38. The molecular weight excluding hydrogens is 322 g/mol. The van der Waals surface area contributed by atoms with E-state index >= 15 is 0 Å². The fraction of sp³-hybridized carbons (Fsp3) is 0.889. The minimum atomic E-state index is -0.194. The van der Waals surface area contributed by atoms with Crippen molar-refractivity contribution in [2.24, 2.45) is 5.41 Å². The topological polar surface area (TPSA) is 62.3 Å². The van der Waals surface area contributed by atoms with E-state index in [9.17, 15) is 9.59 Å². The van der Waals surface area contributed by atoms with Crippen LogP contribution in [0, 0.1) is 5.41 Å². The molecule has 0 aromatic carbocycles. The van der Waals surface area contributed by atoms with E-state index in [1.807, 2.05) is 25.7 Å². The lowest BCUT2D eigenvalue weighted by Crippen LogP contribution is -2.63. The van der Waals surface area contributed by atoms with E-state index in [-0.39, 0.29) is 18.3 Å². The molecule has 2 heterocycles. The van der Waals surface area contributed by atoms with Gasteiger partial charge in [0.2, 0.25) is 0 Å². The highest BCUT2D eigenvalue weighted by atomic mass is 16.6. The van der Waals surface area contributed by atoms with Crippen LogP contribution in [-0.2, 0) is 9.47 Å². The Balaban J connectivity index is 1.37. The molecule has 0 bridgehead atoms. The Labute approximate surface area is 150 Å². The molecular formula is C18H31N3O4. The third-order valence-electron chi connectivity index (χ3n) is 5.98. The summed E-state index contributed by atoms with van der Waals surface area (Å²) < 4.78 is 10.7. The average Bonchev–Trinajstić information content (AvgIpc) is 2.96. The highest BCUT2D eigenvalue weighted by Gasteiger charge is 2.53. The van der Waals surface area contributed by atoms with Crippen LogP contribution in [0.4, 0.5) is 9.59 Å². The Morgan fingerprint density at radius 2 is 1.84 bits per heavy atom. The molecule has 2 aliphatic heterocycles. The van der Waals surface area contributed by atoms with Gasteiger partial charge in [-0.15, -0.1) is 0 Å². The number of hydrogen-bond acceptors (Lipinski definition) is 5. The van der Waals surface area contributed by atoms with Gasteiger partial charge in [-0.05, 0) is 45.4 Å². The zero-order chi connectivity index (χ0) is 18.0. The molecule has 0 aromatic heterocycles. The van der Waals surface area contributed by atoms with Crippen molar-refractivity contribution in [3.05, 3.63) is 0 Å². The summed E-state index contributed by atoms with van der Waals surface area (Å²) >= 11 is 0. The highest BCUT2D eigenvalue weighted by molar-refractivity contribution is 5.68.